The standard InChI is InChI=1S/C19H15N5O4/c1-2-8-20-13(3-1)18-21-16(28-24-18)6-7-17-22-23-19(27-17)12-4-5-14-15(11-12)26-10-9-25-14/h1-5,8,11H,6-7,9-10H2. The number of hydrogen-bond acceptors (Lipinski definition) is 9. The molecule has 4 heterocycles. The quantitative estimate of drug-likeness (QED) is 0.518. The highest BCUT2D eigenvalue weighted by atomic mass is 16.6. The second kappa shape index (κ2) is 7.10. The van der Waals surface area contributed by atoms with E-state index in [2.05, 4.69) is 25.3 Å². The molecule has 9 heteroatoms. The molecule has 0 N–H and O–H groups in total. The summed E-state index contributed by atoms with van der Waals surface area (Å²) in [5.74, 6) is 3.25. The van der Waals surface area contributed by atoms with Crippen LogP contribution in [0, 0.1) is 0 Å². The maximum atomic E-state index is 5.75. The molecule has 0 saturated heterocycles. The van der Waals surface area contributed by atoms with Crippen LogP contribution in [0.2, 0.25) is 0 Å². The lowest BCUT2D eigenvalue weighted by molar-refractivity contribution is 0.171. The molecule has 9 nitrogen and oxygen atoms in total. The molecule has 0 bridgehead atoms. The number of hydrogen-bond donors (Lipinski definition) is 0. The van der Waals surface area contributed by atoms with Crippen LogP contribution >= 0.6 is 0 Å². The van der Waals surface area contributed by atoms with E-state index in [4.69, 9.17) is 18.4 Å². The first-order chi connectivity index (χ1) is 13.8. The van der Waals surface area contributed by atoms with E-state index < -0.39 is 0 Å². The smallest absolute Gasteiger partial charge is 0.247 e. The highest BCUT2D eigenvalue weighted by molar-refractivity contribution is 5.59. The summed E-state index contributed by atoms with van der Waals surface area (Å²) in [6.45, 7) is 1.07. The van der Waals surface area contributed by atoms with Gasteiger partial charge in [0.25, 0.3) is 0 Å². The number of aromatic nitrogens is 5. The first kappa shape index (κ1) is 16.4. The van der Waals surface area contributed by atoms with E-state index in [0.717, 1.165) is 11.3 Å². The minimum Gasteiger partial charge on any atom is -0.486 e. The van der Waals surface area contributed by atoms with E-state index in [1.54, 1.807) is 6.20 Å². The van der Waals surface area contributed by atoms with Gasteiger partial charge in [0.1, 0.15) is 18.9 Å². The molecule has 1 aliphatic heterocycles. The highest BCUT2D eigenvalue weighted by Crippen LogP contribution is 2.34. The van der Waals surface area contributed by atoms with Crippen molar-refractivity contribution >= 4 is 0 Å². The molecule has 140 valence electrons. The van der Waals surface area contributed by atoms with Crippen molar-refractivity contribution in [2.45, 2.75) is 12.8 Å². The Morgan fingerprint density at radius 1 is 0.893 bits per heavy atom. The third kappa shape index (κ3) is 3.29. The Bertz CT molecular complexity index is 1090. The largest absolute Gasteiger partial charge is 0.486 e. The molecule has 0 atom stereocenters. The lowest BCUT2D eigenvalue weighted by Gasteiger charge is -2.18. The molecule has 1 aliphatic rings. The van der Waals surface area contributed by atoms with Crippen LogP contribution in [0.4, 0.5) is 0 Å². The molecule has 0 spiro atoms. The summed E-state index contributed by atoms with van der Waals surface area (Å²) in [7, 11) is 0. The van der Waals surface area contributed by atoms with E-state index in [1.807, 2.05) is 36.4 Å². The van der Waals surface area contributed by atoms with Gasteiger partial charge >= 0.3 is 0 Å². The predicted molar refractivity (Wildman–Crippen MR) is 95.7 cm³/mol. The van der Waals surface area contributed by atoms with Crippen LogP contribution < -0.4 is 9.47 Å². The fraction of sp³-hybridized carbons (Fsp3) is 0.211. The van der Waals surface area contributed by atoms with Crippen molar-refractivity contribution in [1.29, 1.82) is 0 Å². The molecule has 4 aromatic rings. The molecule has 0 radical (unpaired) electrons. The summed E-state index contributed by atoms with van der Waals surface area (Å²) in [6.07, 6.45) is 2.66. The van der Waals surface area contributed by atoms with Crippen LogP contribution in [-0.2, 0) is 12.8 Å². The Morgan fingerprint density at radius 2 is 1.79 bits per heavy atom. The number of ether oxygens (including phenoxy) is 2. The molecule has 0 fully saturated rings. The molecule has 5 rings (SSSR count). The summed E-state index contributed by atoms with van der Waals surface area (Å²) < 4.78 is 22.1. The summed E-state index contributed by atoms with van der Waals surface area (Å²) in [6, 6.07) is 11.1. The monoisotopic (exact) mass is 377 g/mol. The molecule has 28 heavy (non-hydrogen) atoms. The minimum atomic E-state index is 0.423. The van der Waals surface area contributed by atoms with Crippen molar-refractivity contribution < 1.29 is 18.4 Å². The number of rotatable bonds is 5. The summed E-state index contributed by atoms with van der Waals surface area (Å²) in [5.41, 5.74) is 1.44. The zero-order valence-electron chi connectivity index (χ0n) is 14.7. The molecule has 1 aromatic carbocycles. The summed E-state index contributed by atoms with van der Waals surface area (Å²) >= 11 is 0. The fourth-order valence-electron chi connectivity index (χ4n) is 2.82. The first-order valence-electron chi connectivity index (χ1n) is 8.81. The fourth-order valence-corrected chi connectivity index (χ4v) is 2.82. The number of fused-ring (bicyclic) bond motifs is 1. The molecule has 0 amide bonds. The number of benzene rings is 1. The normalized spacial score (nSPS) is 12.9. The van der Waals surface area contributed by atoms with Gasteiger partial charge in [-0.15, -0.1) is 10.2 Å². The average Bonchev–Trinajstić information content (AvgIpc) is 3.42. The van der Waals surface area contributed by atoms with Crippen LogP contribution in [-0.4, -0.2) is 38.5 Å². The topological polar surface area (TPSA) is 109 Å². The molecular weight excluding hydrogens is 362 g/mol. The second-order valence-corrected chi connectivity index (χ2v) is 6.09. The van der Waals surface area contributed by atoms with E-state index in [1.165, 1.54) is 0 Å². The predicted octanol–water partition coefficient (Wildman–Crippen LogP) is 2.74. The van der Waals surface area contributed by atoms with Crippen molar-refractivity contribution in [3.05, 3.63) is 54.4 Å². The Kier molecular flexibility index (Phi) is 4.17. The number of nitrogens with zero attached hydrogens (tertiary/aromatic N) is 5. The highest BCUT2D eigenvalue weighted by Gasteiger charge is 2.16. The molecule has 0 aliphatic carbocycles. The lowest BCUT2D eigenvalue weighted by Crippen LogP contribution is -2.15. The van der Waals surface area contributed by atoms with Gasteiger partial charge in [0, 0.05) is 24.6 Å². The zero-order chi connectivity index (χ0) is 18.8. The zero-order valence-corrected chi connectivity index (χ0v) is 14.7. The minimum absolute atomic E-state index is 0.423. The van der Waals surface area contributed by atoms with E-state index in [-0.39, 0.29) is 0 Å². The maximum absolute atomic E-state index is 5.75. The molecule has 3 aromatic heterocycles. The van der Waals surface area contributed by atoms with Gasteiger partial charge in [-0.2, -0.15) is 4.98 Å². The van der Waals surface area contributed by atoms with Gasteiger partial charge in [-0.25, -0.2) is 0 Å². The second-order valence-electron chi connectivity index (χ2n) is 6.09. The average molecular weight is 377 g/mol. The number of aryl methyl sites for hydroxylation is 2. The van der Waals surface area contributed by atoms with Crippen molar-refractivity contribution in [2.24, 2.45) is 0 Å². The lowest BCUT2D eigenvalue weighted by atomic mass is 10.2. The maximum Gasteiger partial charge on any atom is 0.247 e. The van der Waals surface area contributed by atoms with Gasteiger partial charge in [0.2, 0.25) is 23.5 Å². The molecular formula is C19H15N5O4. The Balaban J connectivity index is 1.27. The van der Waals surface area contributed by atoms with Gasteiger partial charge in [-0.1, -0.05) is 11.2 Å². The Labute approximate surface area is 159 Å². The van der Waals surface area contributed by atoms with Crippen LogP contribution in [0.5, 0.6) is 11.5 Å². The summed E-state index contributed by atoms with van der Waals surface area (Å²) in [4.78, 5) is 8.55. The summed E-state index contributed by atoms with van der Waals surface area (Å²) in [5, 5.41) is 12.2. The molecule has 0 unspecified atom stereocenters. The third-order valence-electron chi connectivity index (χ3n) is 4.17. The van der Waals surface area contributed by atoms with Gasteiger partial charge in [0.15, 0.2) is 11.5 Å². The first-order valence-corrected chi connectivity index (χ1v) is 8.81. The Hall–Kier alpha value is -3.75. The Morgan fingerprint density at radius 3 is 2.68 bits per heavy atom. The van der Waals surface area contributed by atoms with Crippen LogP contribution in [0.15, 0.2) is 51.5 Å². The number of pyridine rings is 1. The van der Waals surface area contributed by atoms with Gasteiger partial charge < -0.3 is 18.4 Å². The van der Waals surface area contributed by atoms with E-state index >= 15 is 0 Å². The van der Waals surface area contributed by atoms with E-state index in [9.17, 15) is 0 Å². The molecule has 0 saturated carbocycles. The van der Waals surface area contributed by atoms with Crippen molar-refractivity contribution in [1.82, 2.24) is 25.3 Å². The van der Waals surface area contributed by atoms with Crippen LogP contribution in [0.1, 0.15) is 11.8 Å². The van der Waals surface area contributed by atoms with Gasteiger partial charge in [0.05, 0.1) is 0 Å². The van der Waals surface area contributed by atoms with Crippen molar-refractivity contribution in [3.63, 3.8) is 0 Å². The third-order valence-corrected chi connectivity index (χ3v) is 4.17. The van der Waals surface area contributed by atoms with Crippen LogP contribution in [0.25, 0.3) is 23.0 Å². The SMILES string of the molecule is c1ccc(-c2noc(CCc3nnc(-c4ccc5c(c4)OCCO5)o3)n2)nc1. The van der Waals surface area contributed by atoms with Gasteiger partial charge in [-0.05, 0) is 30.3 Å². The van der Waals surface area contributed by atoms with Crippen LogP contribution in [0.3, 0.4) is 0 Å². The van der Waals surface area contributed by atoms with Crippen molar-refractivity contribution in [3.8, 4) is 34.5 Å². The van der Waals surface area contributed by atoms with Crippen molar-refractivity contribution in [2.75, 3.05) is 13.2 Å². The van der Waals surface area contributed by atoms with Gasteiger partial charge in [-0.3, -0.25) is 4.98 Å². The van der Waals surface area contributed by atoms with E-state index in [0.29, 0.717) is 61.0 Å².